The summed E-state index contributed by atoms with van der Waals surface area (Å²) < 4.78 is 47.8. The first kappa shape index (κ1) is 32.1. The molecule has 0 spiro atoms. The van der Waals surface area contributed by atoms with Crippen LogP contribution in [-0.4, -0.2) is 79.7 Å². The predicted molar refractivity (Wildman–Crippen MR) is 175 cm³/mol. The fraction of sp³-hybridized carbons (Fsp3) is 0.406. The van der Waals surface area contributed by atoms with Gasteiger partial charge in [-0.25, -0.2) is 23.7 Å². The number of fused-ring (bicyclic) bond motifs is 1. The number of nitriles is 1. The second-order valence-corrected chi connectivity index (χ2v) is 11.7. The molecule has 7 rings (SSSR count). The third-order valence-corrected chi connectivity index (χ3v) is 8.61. The zero-order chi connectivity index (χ0) is 34.1. The van der Waals surface area contributed by atoms with Crippen LogP contribution in [0.3, 0.4) is 0 Å². The normalized spacial score (nSPS) is 17.9. The quantitative estimate of drug-likeness (QED) is 0.198. The topological polar surface area (TPSA) is 166 Å². The first-order valence-electron chi connectivity index (χ1n) is 15.8. The molecular weight excluding hydrogens is 638 g/mol. The number of alkyl halides is 2. The van der Waals surface area contributed by atoms with E-state index in [0.717, 1.165) is 25.8 Å². The van der Waals surface area contributed by atoms with Crippen molar-refractivity contribution in [3.63, 3.8) is 0 Å². The lowest BCUT2D eigenvalue weighted by Crippen LogP contribution is -2.23. The molecule has 5 aromatic rings. The minimum Gasteiger partial charge on any atom is -0.494 e. The Morgan fingerprint density at radius 1 is 1.04 bits per heavy atom. The lowest BCUT2D eigenvalue weighted by Gasteiger charge is -2.25. The summed E-state index contributed by atoms with van der Waals surface area (Å²) >= 11 is 0. The van der Waals surface area contributed by atoms with Crippen molar-refractivity contribution in [3.05, 3.63) is 47.9 Å². The average Bonchev–Trinajstić information content (AvgIpc) is 3.87. The minimum absolute atomic E-state index is 0.0820. The van der Waals surface area contributed by atoms with Gasteiger partial charge in [0.15, 0.2) is 22.9 Å². The predicted octanol–water partition coefficient (Wildman–Crippen LogP) is 5.25. The largest absolute Gasteiger partial charge is 0.494 e. The number of benzene rings is 1. The van der Waals surface area contributed by atoms with Crippen LogP contribution >= 0.6 is 0 Å². The molecule has 1 aromatic carbocycles. The summed E-state index contributed by atoms with van der Waals surface area (Å²) in [6, 6.07) is 12.8. The number of halogens is 2. The van der Waals surface area contributed by atoms with Gasteiger partial charge in [-0.1, -0.05) is 6.07 Å². The molecule has 1 unspecified atom stereocenters. The van der Waals surface area contributed by atoms with Gasteiger partial charge in [0.2, 0.25) is 5.82 Å². The molecule has 2 aliphatic heterocycles. The molecule has 2 N–H and O–H groups in total. The number of aromatic nitrogens is 8. The number of aryl methyl sites for hydroxylation is 1. The number of ether oxygens (including phenoxy) is 3. The van der Waals surface area contributed by atoms with Gasteiger partial charge in [0.1, 0.15) is 29.4 Å². The van der Waals surface area contributed by atoms with E-state index in [0.29, 0.717) is 59.6 Å². The third-order valence-electron chi connectivity index (χ3n) is 8.61. The maximum Gasteiger partial charge on any atom is 0.295 e. The number of methoxy groups -OCH3 is 2. The van der Waals surface area contributed by atoms with Crippen LogP contribution in [0.4, 0.5) is 37.5 Å². The van der Waals surface area contributed by atoms with Gasteiger partial charge in [-0.15, -0.1) is 10.2 Å². The summed E-state index contributed by atoms with van der Waals surface area (Å²) in [6.07, 6.45) is -0.446. The molecule has 6 heterocycles. The Kier molecular flexibility index (Phi) is 8.89. The highest BCUT2D eigenvalue weighted by atomic mass is 19.3. The number of anilines is 5. The van der Waals surface area contributed by atoms with Crippen molar-refractivity contribution < 1.29 is 23.0 Å². The molecule has 0 bridgehead atoms. The molecule has 254 valence electrons. The van der Waals surface area contributed by atoms with E-state index in [1.54, 1.807) is 44.5 Å². The Labute approximate surface area is 279 Å². The van der Waals surface area contributed by atoms with E-state index in [1.807, 2.05) is 6.07 Å². The van der Waals surface area contributed by atoms with Crippen LogP contribution < -0.4 is 20.3 Å². The molecule has 2 fully saturated rings. The van der Waals surface area contributed by atoms with Crippen LogP contribution in [-0.2, 0) is 16.5 Å². The molecule has 0 amide bonds. The molecule has 0 saturated carbocycles. The van der Waals surface area contributed by atoms with Gasteiger partial charge < -0.3 is 29.7 Å². The van der Waals surface area contributed by atoms with E-state index >= 15 is 0 Å². The first-order chi connectivity index (χ1) is 23.9. The number of pyridine rings is 2. The smallest absolute Gasteiger partial charge is 0.295 e. The fourth-order valence-electron chi connectivity index (χ4n) is 6.30. The van der Waals surface area contributed by atoms with E-state index in [-0.39, 0.29) is 28.8 Å². The second kappa shape index (κ2) is 13.6. The zero-order valence-electron chi connectivity index (χ0n) is 27.1. The highest BCUT2D eigenvalue weighted by Crippen LogP contribution is 2.40. The van der Waals surface area contributed by atoms with Crippen molar-refractivity contribution in [2.45, 2.75) is 44.4 Å². The number of tetrazole rings is 1. The van der Waals surface area contributed by atoms with Crippen molar-refractivity contribution >= 4 is 39.9 Å². The second-order valence-electron chi connectivity index (χ2n) is 11.7. The van der Waals surface area contributed by atoms with Crippen molar-refractivity contribution in [1.29, 1.82) is 5.26 Å². The Balaban J connectivity index is 1.32. The van der Waals surface area contributed by atoms with E-state index in [1.165, 1.54) is 16.5 Å². The molecule has 49 heavy (non-hydrogen) atoms. The minimum atomic E-state index is -2.89. The molecule has 2 atom stereocenters. The number of nitrogens with zero attached hydrogens (tertiary/aromatic N) is 10. The summed E-state index contributed by atoms with van der Waals surface area (Å²) in [7, 11) is 4.85. The number of imidazole rings is 1. The summed E-state index contributed by atoms with van der Waals surface area (Å²) in [6.45, 7) is 1.84. The summed E-state index contributed by atoms with van der Waals surface area (Å²) in [5.74, 6) is 0.936. The molecule has 17 heteroatoms. The van der Waals surface area contributed by atoms with Gasteiger partial charge in [-0.3, -0.25) is 4.57 Å². The molecule has 0 aliphatic carbocycles. The van der Waals surface area contributed by atoms with Gasteiger partial charge in [0, 0.05) is 32.9 Å². The molecule has 2 saturated heterocycles. The third kappa shape index (κ3) is 6.27. The lowest BCUT2D eigenvalue weighted by molar-refractivity contribution is -0.0363. The van der Waals surface area contributed by atoms with Gasteiger partial charge >= 0.3 is 0 Å². The Morgan fingerprint density at radius 3 is 2.61 bits per heavy atom. The van der Waals surface area contributed by atoms with Crippen molar-refractivity contribution in [2.24, 2.45) is 7.05 Å². The highest BCUT2D eigenvalue weighted by molar-refractivity contribution is 5.92. The summed E-state index contributed by atoms with van der Waals surface area (Å²) in [5, 5.41) is 28.8. The van der Waals surface area contributed by atoms with Crippen molar-refractivity contribution in [1.82, 2.24) is 39.7 Å². The monoisotopic (exact) mass is 672 g/mol. The zero-order valence-corrected chi connectivity index (χ0v) is 27.1. The molecule has 15 nitrogen and oxygen atoms in total. The van der Waals surface area contributed by atoms with Gasteiger partial charge in [-0.2, -0.15) is 10.1 Å². The van der Waals surface area contributed by atoms with Crippen LogP contribution in [0.1, 0.15) is 49.9 Å². The van der Waals surface area contributed by atoms with Crippen molar-refractivity contribution in [3.8, 4) is 23.2 Å². The standard InChI is InChI=1S/C32H34F2N12O3/c1-44-42-30(41-43-44)19-7-6-8-20(28(19)48-3)36-21-15-25(38-24-11-10-23(22(16-35)37-24)45-13-12-18(17-45)47-2)39-31-27(21)40-32(29(33)34)46(31)26-9-4-5-14-49-26/h6-8,10-11,15,18,26,29H,4-5,9,12-14,17H2,1-3H3,(H2,36,37,38,39)/t18-,26?/m0/s1. The molecule has 0 radical (unpaired) electrons. The average molecular weight is 673 g/mol. The first-order valence-corrected chi connectivity index (χ1v) is 15.8. The van der Waals surface area contributed by atoms with Crippen LogP contribution in [0, 0.1) is 11.3 Å². The lowest BCUT2D eigenvalue weighted by atomic mass is 10.1. The maximum atomic E-state index is 14.6. The van der Waals surface area contributed by atoms with E-state index in [4.69, 9.17) is 19.2 Å². The summed E-state index contributed by atoms with van der Waals surface area (Å²) in [4.78, 5) is 17.1. The number of hydrogen-bond donors (Lipinski definition) is 2. The molecule has 2 aliphatic rings. The number of para-hydroxylation sites is 1. The van der Waals surface area contributed by atoms with E-state index < -0.39 is 18.5 Å². The van der Waals surface area contributed by atoms with Crippen LogP contribution in [0.2, 0.25) is 0 Å². The number of hydrogen-bond acceptors (Lipinski definition) is 13. The number of nitrogens with one attached hydrogen (secondary N) is 2. The number of rotatable bonds is 10. The SMILES string of the molecule is COc1c(Nc2cc(Nc3ccc(N4CC[C@H](OC)C4)c(C#N)n3)nc3c2nc(C(F)F)n3C2CCCCO2)cccc1-c1nnn(C)n1. The Morgan fingerprint density at radius 2 is 1.92 bits per heavy atom. The Hall–Kier alpha value is -5.47. The van der Waals surface area contributed by atoms with Crippen LogP contribution in [0.15, 0.2) is 36.4 Å². The Bertz CT molecular complexity index is 2020. The summed E-state index contributed by atoms with van der Waals surface area (Å²) in [5.41, 5.74) is 2.79. The van der Waals surface area contributed by atoms with Gasteiger partial charge in [0.05, 0.1) is 42.9 Å². The fourth-order valence-corrected chi connectivity index (χ4v) is 6.30. The van der Waals surface area contributed by atoms with Gasteiger partial charge in [0.25, 0.3) is 6.43 Å². The maximum absolute atomic E-state index is 14.6. The highest BCUT2D eigenvalue weighted by Gasteiger charge is 2.30. The van der Waals surface area contributed by atoms with E-state index in [2.05, 4.69) is 47.0 Å². The molecular formula is C32H34F2N12O3. The molecule has 4 aromatic heterocycles. The van der Waals surface area contributed by atoms with Crippen LogP contribution in [0.5, 0.6) is 5.75 Å². The van der Waals surface area contributed by atoms with Crippen LogP contribution in [0.25, 0.3) is 22.6 Å². The van der Waals surface area contributed by atoms with Crippen molar-refractivity contribution in [2.75, 3.05) is 49.4 Å². The van der Waals surface area contributed by atoms with Gasteiger partial charge in [-0.05, 0) is 55.2 Å². The van der Waals surface area contributed by atoms with E-state index in [9.17, 15) is 14.0 Å².